The lowest BCUT2D eigenvalue weighted by Crippen LogP contribution is -2.33. The smallest absolute Gasteiger partial charge is 0.330 e. The number of carbonyl (C=O) groups is 1. The fraction of sp³-hybridized carbons (Fsp3) is 0.633. The lowest BCUT2D eigenvalue weighted by molar-refractivity contribution is -0.146. The number of hydrogen-bond donors (Lipinski definition) is 0. The molecule has 7 nitrogen and oxygen atoms in total. The number of esters is 1. The highest BCUT2D eigenvalue weighted by molar-refractivity contribution is 7.10. The zero-order chi connectivity index (χ0) is 27.8. The maximum Gasteiger partial charge on any atom is 0.330 e. The molecule has 39 heavy (non-hydrogen) atoms. The summed E-state index contributed by atoms with van der Waals surface area (Å²) in [6.07, 6.45) is 17.7. The van der Waals surface area contributed by atoms with E-state index in [-0.39, 0.29) is 36.6 Å². The molecule has 216 valence electrons. The SMILES string of the molecule is C=C1CC(OP)[C@@H]2O[C@@H]2C[C@@H]([C@H](/C=C/[C@@H]2CC(C)=CCO2)OP)OC(=O)/C=C\C[C@@H]2C=CC[C@@H](C[C@@H](C)C1)O2. The predicted molar refractivity (Wildman–Crippen MR) is 158 cm³/mol. The van der Waals surface area contributed by atoms with Crippen LogP contribution in [0, 0.1) is 5.92 Å². The minimum atomic E-state index is -0.548. The van der Waals surface area contributed by atoms with Crippen LogP contribution in [0.1, 0.15) is 58.8 Å². The number of carbonyl (C=O) groups excluding carboxylic acids is 1. The van der Waals surface area contributed by atoms with Gasteiger partial charge in [-0.1, -0.05) is 61.1 Å². The van der Waals surface area contributed by atoms with Gasteiger partial charge >= 0.3 is 5.97 Å². The standard InChI is InChI=1S/C30H44O7P2/c1-19-12-13-32-23(15-19)10-11-25(36-38)26-18-27-30(35-27)28(37-39)17-21(3)14-20(2)16-24-8-4-6-22(33-24)7-5-9-29(31)34-26/h4-6,9-12,20,22-28,30H,3,7-8,13-18,38-39H2,1-2H3/b9-5-,11-10+/t20-,22-,23+,24-,25-,26-,27+,28?,30+/m0/s1. The number of rotatable bonds is 5. The van der Waals surface area contributed by atoms with Gasteiger partial charge in [0.1, 0.15) is 18.3 Å². The maximum absolute atomic E-state index is 12.9. The summed E-state index contributed by atoms with van der Waals surface area (Å²) in [6, 6.07) is 0. The first-order valence-electron chi connectivity index (χ1n) is 14.0. The summed E-state index contributed by atoms with van der Waals surface area (Å²) in [6.45, 7) is 9.29. The van der Waals surface area contributed by atoms with Gasteiger partial charge in [0.25, 0.3) is 0 Å². The van der Waals surface area contributed by atoms with Crippen molar-refractivity contribution < 1.29 is 32.8 Å². The number of cyclic esters (lactones) is 1. The van der Waals surface area contributed by atoms with Gasteiger partial charge in [0.05, 0.1) is 37.1 Å². The Bertz CT molecular complexity index is 961. The largest absolute Gasteiger partial charge is 0.456 e. The summed E-state index contributed by atoms with van der Waals surface area (Å²) in [5, 5.41) is 0. The van der Waals surface area contributed by atoms with E-state index in [1.807, 2.05) is 18.2 Å². The van der Waals surface area contributed by atoms with Gasteiger partial charge in [0.15, 0.2) is 0 Å². The van der Waals surface area contributed by atoms with Crippen molar-refractivity contribution in [3.05, 3.63) is 60.3 Å². The summed E-state index contributed by atoms with van der Waals surface area (Å²) in [4.78, 5) is 12.9. The average molecular weight is 579 g/mol. The van der Waals surface area contributed by atoms with E-state index in [1.165, 1.54) is 11.6 Å². The van der Waals surface area contributed by atoms with Gasteiger partial charge in [0, 0.05) is 31.4 Å². The van der Waals surface area contributed by atoms with Crippen LogP contribution in [0.5, 0.6) is 0 Å². The molecule has 0 aromatic rings. The van der Waals surface area contributed by atoms with Crippen molar-refractivity contribution in [3.8, 4) is 0 Å². The molecule has 1 saturated heterocycles. The lowest BCUT2D eigenvalue weighted by atomic mass is 9.91. The van der Waals surface area contributed by atoms with E-state index in [0.717, 1.165) is 31.3 Å². The third-order valence-corrected chi connectivity index (χ3v) is 8.39. The van der Waals surface area contributed by atoms with E-state index in [9.17, 15) is 4.79 Å². The molecule has 3 unspecified atom stereocenters. The van der Waals surface area contributed by atoms with Crippen LogP contribution in [0.3, 0.4) is 0 Å². The van der Waals surface area contributed by atoms with Crippen molar-refractivity contribution in [2.45, 2.75) is 108 Å². The molecular weight excluding hydrogens is 534 g/mol. The second kappa shape index (κ2) is 15.2. The third-order valence-electron chi connectivity index (χ3n) is 7.73. The van der Waals surface area contributed by atoms with Crippen molar-refractivity contribution in [1.82, 2.24) is 0 Å². The molecule has 0 aromatic carbocycles. The Hall–Kier alpha value is -1.17. The van der Waals surface area contributed by atoms with Crippen molar-refractivity contribution in [2.24, 2.45) is 5.92 Å². The van der Waals surface area contributed by atoms with Crippen LogP contribution in [-0.2, 0) is 32.8 Å². The normalized spacial score (nSPS) is 38.2. The number of hydrogen-bond acceptors (Lipinski definition) is 7. The van der Waals surface area contributed by atoms with Gasteiger partial charge in [-0.3, -0.25) is 0 Å². The van der Waals surface area contributed by atoms with Gasteiger partial charge in [-0.15, -0.1) is 0 Å². The topological polar surface area (TPSA) is 75.8 Å². The minimum Gasteiger partial charge on any atom is -0.456 e. The molecule has 0 spiro atoms. The second-order valence-corrected chi connectivity index (χ2v) is 11.8. The molecule has 0 saturated carbocycles. The Morgan fingerprint density at radius 3 is 2.74 bits per heavy atom. The zero-order valence-corrected chi connectivity index (χ0v) is 25.4. The van der Waals surface area contributed by atoms with Crippen LogP contribution < -0.4 is 0 Å². The minimum absolute atomic E-state index is 0.0342. The highest BCUT2D eigenvalue weighted by Gasteiger charge is 2.47. The molecule has 0 aromatic heterocycles. The first kappa shape index (κ1) is 30.8. The maximum atomic E-state index is 12.9. The fourth-order valence-corrected chi connectivity index (χ4v) is 6.19. The Labute approximate surface area is 238 Å². The number of ether oxygens (including phenoxy) is 4. The van der Waals surface area contributed by atoms with Gasteiger partial charge in [-0.05, 0) is 51.4 Å². The summed E-state index contributed by atoms with van der Waals surface area (Å²) >= 11 is 0. The monoisotopic (exact) mass is 578 g/mol. The van der Waals surface area contributed by atoms with E-state index in [1.54, 1.807) is 0 Å². The lowest BCUT2D eigenvalue weighted by Gasteiger charge is -2.28. The zero-order valence-electron chi connectivity index (χ0n) is 23.1. The van der Waals surface area contributed by atoms with Crippen LogP contribution in [-0.4, -0.2) is 61.4 Å². The van der Waals surface area contributed by atoms with Gasteiger partial charge in [-0.2, -0.15) is 0 Å². The van der Waals surface area contributed by atoms with Crippen molar-refractivity contribution in [1.29, 1.82) is 0 Å². The molecular formula is C30H44O7P2. The average Bonchev–Trinajstić information content (AvgIpc) is 3.66. The molecule has 0 aliphatic carbocycles. The quantitative estimate of drug-likeness (QED) is 0.178. The van der Waals surface area contributed by atoms with Crippen LogP contribution in [0.2, 0.25) is 0 Å². The second-order valence-electron chi connectivity index (χ2n) is 11.2. The number of epoxide rings is 1. The molecule has 4 aliphatic rings. The Morgan fingerprint density at radius 1 is 1.13 bits per heavy atom. The first-order valence-corrected chi connectivity index (χ1v) is 15.0. The van der Waals surface area contributed by atoms with Gasteiger partial charge in [0.2, 0.25) is 0 Å². The molecule has 2 bridgehead atoms. The molecule has 0 radical (unpaired) electrons. The van der Waals surface area contributed by atoms with Crippen molar-refractivity contribution in [2.75, 3.05) is 6.61 Å². The molecule has 0 amide bonds. The van der Waals surface area contributed by atoms with Gasteiger partial charge < -0.3 is 28.0 Å². The predicted octanol–water partition coefficient (Wildman–Crippen LogP) is 5.73. The van der Waals surface area contributed by atoms with Crippen LogP contribution in [0.4, 0.5) is 0 Å². The molecule has 11 atom stereocenters. The molecule has 4 aliphatic heterocycles. The van der Waals surface area contributed by atoms with Crippen LogP contribution in [0.25, 0.3) is 0 Å². The highest BCUT2D eigenvalue weighted by Crippen LogP contribution is 2.37. The summed E-state index contributed by atoms with van der Waals surface area (Å²) in [5.74, 6) is 0.0346. The van der Waals surface area contributed by atoms with E-state index in [4.69, 9.17) is 28.0 Å². The van der Waals surface area contributed by atoms with Crippen LogP contribution >= 0.6 is 18.9 Å². The Kier molecular flexibility index (Phi) is 12.0. The van der Waals surface area contributed by atoms with E-state index >= 15 is 0 Å². The summed E-state index contributed by atoms with van der Waals surface area (Å²) in [7, 11) is 4.69. The molecule has 0 N–H and O–H groups in total. The Morgan fingerprint density at radius 2 is 1.97 bits per heavy atom. The van der Waals surface area contributed by atoms with E-state index < -0.39 is 18.2 Å². The highest BCUT2D eigenvalue weighted by atomic mass is 31.0. The molecule has 4 rings (SSSR count). The first-order chi connectivity index (χ1) is 18.8. The van der Waals surface area contributed by atoms with Crippen LogP contribution in [0.15, 0.2) is 60.3 Å². The van der Waals surface area contributed by atoms with E-state index in [0.29, 0.717) is 31.8 Å². The Balaban J connectivity index is 1.49. The van der Waals surface area contributed by atoms with E-state index in [2.05, 4.69) is 57.6 Å². The molecule has 9 heteroatoms. The van der Waals surface area contributed by atoms with Crippen molar-refractivity contribution >= 4 is 24.9 Å². The summed E-state index contributed by atoms with van der Waals surface area (Å²) < 4.78 is 35.6. The molecule has 1 fully saturated rings. The third kappa shape index (κ3) is 9.71. The van der Waals surface area contributed by atoms with Crippen molar-refractivity contribution in [3.63, 3.8) is 0 Å². The summed E-state index contributed by atoms with van der Waals surface area (Å²) in [5.41, 5.74) is 2.44. The van der Waals surface area contributed by atoms with Gasteiger partial charge in [-0.25, -0.2) is 4.79 Å². The fourth-order valence-electron chi connectivity index (χ4n) is 5.68. The number of fused-ring (bicyclic) bond motifs is 3. The molecule has 4 heterocycles.